The van der Waals surface area contributed by atoms with Gasteiger partial charge in [0.15, 0.2) is 13.9 Å². The SMILES string of the molecule is CCCC[C@](O[Si](C)(C)C)([C@@H]1O[C@@H]2C[C@H](C)CC[C@H]2C(C)(C)N1Cc1ccccc1)C(F)(F)F. The molecule has 2 aliphatic rings. The first-order chi connectivity index (χ1) is 15.7. The van der Waals surface area contributed by atoms with Crippen LogP contribution in [-0.2, 0) is 15.7 Å². The second-order valence-electron chi connectivity index (χ2n) is 12.0. The molecule has 1 saturated carbocycles. The van der Waals surface area contributed by atoms with Crippen molar-refractivity contribution < 1.29 is 22.3 Å². The third-order valence-corrected chi connectivity index (χ3v) is 8.73. The van der Waals surface area contributed by atoms with Gasteiger partial charge in [0.25, 0.3) is 0 Å². The minimum Gasteiger partial charge on any atom is -0.401 e. The fourth-order valence-corrected chi connectivity index (χ4v) is 7.43. The summed E-state index contributed by atoms with van der Waals surface area (Å²) in [7, 11) is -2.59. The fraction of sp³-hybridized carbons (Fsp3) is 0.778. The molecule has 5 atom stereocenters. The van der Waals surface area contributed by atoms with Gasteiger partial charge in [-0.05, 0) is 64.2 Å². The van der Waals surface area contributed by atoms with Crippen molar-refractivity contribution in [1.29, 1.82) is 0 Å². The molecule has 0 bridgehead atoms. The molecule has 3 rings (SSSR count). The Morgan fingerprint density at radius 3 is 2.32 bits per heavy atom. The highest BCUT2D eigenvalue weighted by atomic mass is 28.4. The number of alkyl halides is 3. The molecule has 0 radical (unpaired) electrons. The predicted molar refractivity (Wildman–Crippen MR) is 134 cm³/mol. The van der Waals surface area contributed by atoms with Crippen molar-refractivity contribution in [2.45, 2.75) is 122 Å². The number of nitrogens with zero attached hydrogens (tertiary/aromatic N) is 1. The lowest BCUT2D eigenvalue weighted by Crippen LogP contribution is -2.74. The molecule has 1 saturated heterocycles. The summed E-state index contributed by atoms with van der Waals surface area (Å²) in [5, 5.41) is 0. The maximum Gasteiger partial charge on any atom is 0.420 e. The number of unbranched alkanes of at least 4 members (excludes halogenated alkanes) is 1. The third kappa shape index (κ3) is 5.74. The summed E-state index contributed by atoms with van der Waals surface area (Å²) in [4.78, 5) is 1.99. The Bertz CT molecular complexity index is 795. The Morgan fingerprint density at radius 2 is 1.76 bits per heavy atom. The molecule has 0 N–H and O–H groups in total. The number of halogens is 3. The first-order valence-electron chi connectivity index (χ1n) is 12.9. The third-order valence-electron chi connectivity index (χ3n) is 7.75. The van der Waals surface area contributed by atoms with Crippen molar-refractivity contribution in [1.82, 2.24) is 4.90 Å². The molecule has 194 valence electrons. The van der Waals surface area contributed by atoms with Crippen LogP contribution in [0, 0.1) is 11.8 Å². The predicted octanol–water partition coefficient (Wildman–Crippen LogP) is 7.77. The van der Waals surface area contributed by atoms with Crippen LogP contribution >= 0.6 is 0 Å². The zero-order valence-corrected chi connectivity index (χ0v) is 23.0. The van der Waals surface area contributed by atoms with Crippen molar-refractivity contribution in [3.05, 3.63) is 35.9 Å². The van der Waals surface area contributed by atoms with Crippen LogP contribution in [0.25, 0.3) is 0 Å². The molecule has 2 fully saturated rings. The number of hydrogen-bond donors (Lipinski definition) is 0. The average molecular weight is 500 g/mol. The number of rotatable bonds is 8. The van der Waals surface area contributed by atoms with Crippen LogP contribution < -0.4 is 0 Å². The van der Waals surface area contributed by atoms with Crippen LogP contribution in [0.3, 0.4) is 0 Å². The fourth-order valence-electron chi connectivity index (χ4n) is 6.02. The van der Waals surface area contributed by atoms with E-state index in [9.17, 15) is 0 Å². The van der Waals surface area contributed by atoms with Gasteiger partial charge in [0.2, 0.25) is 0 Å². The van der Waals surface area contributed by atoms with Crippen LogP contribution in [0.5, 0.6) is 0 Å². The zero-order valence-electron chi connectivity index (χ0n) is 22.0. The number of hydrogen-bond acceptors (Lipinski definition) is 3. The summed E-state index contributed by atoms with van der Waals surface area (Å²) in [6.07, 6.45) is -2.04. The molecule has 0 unspecified atom stereocenters. The molecular formula is C27H44F3NO2Si. The van der Waals surface area contributed by atoms with Gasteiger partial charge >= 0.3 is 6.18 Å². The van der Waals surface area contributed by atoms with Gasteiger partial charge < -0.3 is 9.16 Å². The number of ether oxygens (including phenoxy) is 1. The van der Waals surface area contributed by atoms with E-state index in [1.165, 1.54) is 0 Å². The highest BCUT2D eigenvalue weighted by Crippen LogP contribution is 2.53. The maximum absolute atomic E-state index is 15.3. The van der Waals surface area contributed by atoms with Gasteiger partial charge in [0, 0.05) is 18.0 Å². The molecule has 3 nitrogen and oxygen atoms in total. The Balaban J connectivity index is 2.16. The van der Waals surface area contributed by atoms with E-state index in [0.717, 1.165) is 24.8 Å². The van der Waals surface area contributed by atoms with Crippen LogP contribution in [0.15, 0.2) is 30.3 Å². The summed E-state index contributed by atoms with van der Waals surface area (Å²) in [5.74, 6) is 0.639. The molecule has 1 heterocycles. The minimum absolute atomic E-state index is 0.0871. The quantitative estimate of drug-likeness (QED) is 0.341. The van der Waals surface area contributed by atoms with Gasteiger partial charge in [-0.25, -0.2) is 0 Å². The van der Waals surface area contributed by atoms with Gasteiger partial charge in [-0.3, -0.25) is 4.90 Å². The van der Waals surface area contributed by atoms with E-state index in [1.807, 2.05) is 61.8 Å². The van der Waals surface area contributed by atoms with E-state index >= 15 is 13.2 Å². The molecule has 34 heavy (non-hydrogen) atoms. The highest BCUT2D eigenvalue weighted by Gasteiger charge is 2.67. The molecule has 1 aliphatic carbocycles. The zero-order chi connectivity index (χ0) is 25.4. The van der Waals surface area contributed by atoms with Gasteiger partial charge in [0.1, 0.15) is 6.23 Å². The van der Waals surface area contributed by atoms with E-state index in [-0.39, 0.29) is 18.4 Å². The van der Waals surface area contributed by atoms with Crippen molar-refractivity contribution in [2.24, 2.45) is 11.8 Å². The number of benzene rings is 1. The van der Waals surface area contributed by atoms with Gasteiger partial charge in [-0.15, -0.1) is 0 Å². The summed E-state index contributed by atoms with van der Waals surface area (Å²) >= 11 is 0. The summed E-state index contributed by atoms with van der Waals surface area (Å²) in [6, 6.07) is 9.80. The molecule has 1 aliphatic heterocycles. The van der Waals surface area contributed by atoms with Crippen molar-refractivity contribution in [3.63, 3.8) is 0 Å². The maximum atomic E-state index is 15.3. The second kappa shape index (κ2) is 10.2. The Morgan fingerprint density at radius 1 is 1.12 bits per heavy atom. The summed E-state index contributed by atoms with van der Waals surface area (Å²) < 4.78 is 58.7. The summed E-state index contributed by atoms with van der Waals surface area (Å²) in [6.45, 7) is 14.3. The summed E-state index contributed by atoms with van der Waals surface area (Å²) in [5.41, 5.74) is -1.83. The first-order valence-corrected chi connectivity index (χ1v) is 16.3. The Kier molecular flexibility index (Phi) is 8.33. The second-order valence-corrected chi connectivity index (χ2v) is 16.5. The van der Waals surface area contributed by atoms with E-state index in [4.69, 9.17) is 9.16 Å². The van der Waals surface area contributed by atoms with Crippen molar-refractivity contribution in [3.8, 4) is 0 Å². The number of fused-ring (bicyclic) bond motifs is 1. The van der Waals surface area contributed by atoms with Gasteiger partial charge in [-0.1, -0.05) is 63.4 Å². The first kappa shape index (κ1) is 27.7. The van der Waals surface area contributed by atoms with E-state index in [1.54, 1.807) is 0 Å². The largest absolute Gasteiger partial charge is 0.420 e. The van der Waals surface area contributed by atoms with Crippen LogP contribution in [-0.4, -0.2) is 42.9 Å². The molecule has 0 amide bonds. The lowest BCUT2D eigenvalue weighted by Gasteiger charge is -2.61. The lowest BCUT2D eigenvalue weighted by atomic mass is 9.69. The van der Waals surface area contributed by atoms with Crippen LogP contribution in [0.4, 0.5) is 13.2 Å². The Hall–Kier alpha value is -0.893. The molecule has 0 aromatic heterocycles. The van der Waals surface area contributed by atoms with E-state index < -0.39 is 31.9 Å². The van der Waals surface area contributed by atoms with Gasteiger partial charge in [-0.2, -0.15) is 13.2 Å². The van der Waals surface area contributed by atoms with Crippen molar-refractivity contribution in [2.75, 3.05) is 0 Å². The smallest absolute Gasteiger partial charge is 0.401 e. The lowest BCUT2D eigenvalue weighted by molar-refractivity contribution is -0.355. The average Bonchev–Trinajstić information content (AvgIpc) is 2.72. The topological polar surface area (TPSA) is 21.7 Å². The molecule has 7 heteroatoms. The highest BCUT2D eigenvalue weighted by molar-refractivity contribution is 6.69. The van der Waals surface area contributed by atoms with Crippen LogP contribution in [0.2, 0.25) is 19.6 Å². The Labute approximate surface area is 205 Å². The minimum atomic E-state index is -4.55. The monoisotopic (exact) mass is 499 g/mol. The normalized spacial score (nSPS) is 29.9. The molecule has 0 spiro atoms. The van der Waals surface area contributed by atoms with Crippen molar-refractivity contribution >= 4 is 8.32 Å². The molecule has 1 aromatic carbocycles. The van der Waals surface area contributed by atoms with Gasteiger partial charge in [0.05, 0.1) is 6.10 Å². The van der Waals surface area contributed by atoms with E-state index in [2.05, 4.69) is 20.8 Å². The molecule has 1 aromatic rings. The standard InChI is InChI=1S/C27H44F3NO2Si/c1-8-9-17-26(27(28,29)30,33-34(5,6)7)24-31(19-21-13-11-10-12-14-21)25(3,4)22-16-15-20(2)18-23(22)32-24/h10-14,20,22-24H,8-9,15-19H2,1-7H3/t20-,22-,23-,24+,26+/m1/s1. The van der Waals surface area contributed by atoms with E-state index in [0.29, 0.717) is 25.3 Å². The molecular weight excluding hydrogens is 455 g/mol. The van der Waals surface area contributed by atoms with Crippen LogP contribution in [0.1, 0.15) is 71.8 Å².